The fourth-order valence-electron chi connectivity index (χ4n) is 2.86. The average Bonchev–Trinajstić information content (AvgIpc) is 2.59. The average molecular weight is 409 g/mol. The van der Waals surface area contributed by atoms with Crippen LogP contribution in [0.4, 0.5) is 13.2 Å². The minimum absolute atomic E-state index is 0.211. The van der Waals surface area contributed by atoms with Crippen molar-refractivity contribution >= 4 is 11.9 Å². The molecule has 0 aromatic carbocycles. The number of alkyl halides is 3. The Labute approximate surface area is 165 Å². The molecule has 1 aliphatic heterocycles. The maximum Gasteiger partial charge on any atom is 0.406 e. The lowest BCUT2D eigenvalue weighted by molar-refractivity contribution is -0.157. The van der Waals surface area contributed by atoms with E-state index in [2.05, 4.69) is 20.5 Å². The lowest BCUT2D eigenvalue weighted by Crippen LogP contribution is -2.49. The molecule has 1 rings (SSSR count). The molecule has 0 aliphatic carbocycles. The third-order valence-electron chi connectivity index (χ3n) is 4.35. The third kappa shape index (κ3) is 10.7. The van der Waals surface area contributed by atoms with Gasteiger partial charge >= 0.3 is 6.18 Å². The van der Waals surface area contributed by atoms with Crippen molar-refractivity contribution in [2.75, 3.05) is 52.9 Å². The summed E-state index contributed by atoms with van der Waals surface area (Å²) in [6.45, 7) is 8.42. The molecular formula is C18H34F3N5O2. The summed E-state index contributed by atoms with van der Waals surface area (Å²) in [5.41, 5.74) is 0. The highest BCUT2D eigenvalue weighted by Gasteiger charge is 2.31. The topological polar surface area (TPSA) is 69.2 Å². The number of guanidine groups is 1. The van der Waals surface area contributed by atoms with Gasteiger partial charge in [-0.15, -0.1) is 0 Å². The van der Waals surface area contributed by atoms with Crippen molar-refractivity contribution < 1.29 is 22.7 Å². The van der Waals surface area contributed by atoms with Gasteiger partial charge in [-0.05, 0) is 33.6 Å². The molecule has 10 heteroatoms. The molecule has 164 valence electrons. The van der Waals surface area contributed by atoms with Gasteiger partial charge in [0.1, 0.15) is 13.1 Å². The number of nitrogens with zero attached hydrogens (tertiary/aromatic N) is 3. The van der Waals surface area contributed by atoms with Gasteiger partial charge in [-0.1, -0.05) is 0 Å². The van der Waals surface area contributed by atoms with Crippen molar-refractivity contribution in [3.63, 3.8) is 0 Å². The van der Waals surface area contributed by atoms with Crippen LogP contribution in [0.3, 0.4) is 0 Å². The largest absolute Gasteiger partial charge is 0.406 e. The number of hydrogen-bond donors (Lipinski definition) is 2. The lowest BCUT2D eigenvalue weighted by Gasteiger charge is -2.33. The summed E-state index contributed by atoms with van der Waals surface area (Å²) in [6, 6.07) is 0.211. The molecule has 0 atom stereocenters. The number of aliphatic imine (C=N–C) groups is 1. The number of carbonyl (C=O) groups is 1. The van der Waals surface area contributed by atoms with Crippen molar-refractivity contribution in [3.8, 4) is 0 Å². The highest BCUT2D eigenvalue weighted by Crippen LogP contribution is 2.15. The van der Waals surface area contributed by atoms with E-state index in [1.807, 2.05) is 20.8 Å². The number of piperidine rings is 1. The van der Waals surface area contributed by atoms with Gasteiger partial charge in [0.2, 0.25) is 5.91 Å². The van der Waals surface area contributed by atoms with Crippen LogP contribution in [-0.4, -0.2) is 92.9 Å². The fourth-order valence-corrected chi connectivity index (χ4v) is 2.86. The number of likely N-dealkylation sites (N-methyl/N-ethyl adjacent to an activating group) is 1. The number of rotatable bonds is 9. The van der Waals surface area contributed by atoms with Gasteiger partial charge in [0.15, 0.2) is 5.96 Å². The Balaban J connectivity index is 2.43. The van der Waals surface area contributed by atoms with Crippen molar-refractivity contribution in [2.24, 2.45) is 4.99 Å². The van der Waals surface area contributed by atoms with Crippen LogP contribution in [0.15, 0.2) is 4.99 Å². The Kier molecular flexibility index (Phi) is 10.6. The van der Waals surface area contributed by atoms with Gasteiger partial charge in [-0.3, -0.25) is 4.79 Å². The molecule has 1 saturated heterocycles. The minimum Gasteiger partial charge on any atom is -0.377 e. The molecule has 0 unspecified atom stereocenters. The van der Waals surface area contributed by atoms with E-state index in [0.717, 1.165) is 39.5 Å². The van der Waals surface area contributed by atoms with Gasteiger partial charge in [0.25, 0.3) is 0 Å². The zero-order valence-electron chi connectivity index (χ0n) is 17.3. The summed E-state index contributed by atoms with van der Waals surface area (Å²) in [5, 5.41) is 6.33. The second-order valence-electron chi connectivity index (χ2n) is 7.24. The molecule has 1 amide bonds. The maximum atomic E-state index is 12.4. The van der Waals surface area contributed by atoms with E-state index in [0.29, 0.717) is 24.0 Å². The number of ether oxygens (including phenoxy) is 1. The van der Waals surface area contributed by atoms with Gasteiger partial charge < -0.3 is 25.2 Å². The van der Waals surface area contributed by atoms with Crippen molar-refractivity contribution in [2.45, 2.75) is 51.9 Å². The number of likely N-dealkylation sites (tertiary alicyclic amines) is 1. The quantitative estimate of drug-likeness (QED) is 0.446. The maximum absolute atomic E-state index is 12.4. The summed E-state index contributed by atoms with van der Waals surface area (Å²) in [7, 11) is 1.13. The number of amides is 1. The summed E-state index contributed by atoms with van der Waals surface area (Å²) in [5.74, 6) is -0.215. The molecule has 0 bridgehead atoms. The van der Waals surface area contributed by atoms with E-state index in [4.69, 9.17) is 4.74 Å². The summed E-state index contributed by atoms with van der Waals surface area (Å²) in [6.07, 6.45) is -2.33. The fraction of sp³-hybridized carbons (Fsp3) is 0.889. The van der Waals surface area contributed by atoms with Crippen molar-refractivity contribution in [3.05, 3.63) is 0 Å². The Morgan fingerprint density at radius 2 is 1.96 bits per heavy atom. The first-order valence-corrected chi connectivity index (χ1v) is 9.80. The third-order valence-corrected chi connectivity index (χ3v) is 4.35. The molecule has 1 aliphatic rings. The van der Waals surface area contributed by atoms with Crippen LogP contribution in [0.5, 0.6) is 0 Å². The molecule has 1 heterocycles. The van der Waals surface area contributed by atoms with Gasteiger partial charge in [0.05, 0.1) is 12.7 Å². The van der Waals surface area contributed by atoms with Gasteiger partial charge in [0, 0.05) is 39.3 Å². The molecule has 0 spiro atoms. The van der Waals surface area contributed by atoms with E-state index in [1.54, 1.807) is 0 Å². The highest BCUT2D eigenvalue weighted by molar-refractivity contribution is 5.85. The number of hydrogen-bond acceptors (Lipinski definition) is 4. The summed E-state index contributed by atoms with van der Waals surface area (Å²) >= 11 is 0. The van der Waals surface area contributed by atoms with Crippen LogP contribution in [-0.2, 0) is 9.53 Å². The number of nitrogens with one attached hydrogen (secondary N) is 2. The Hall–Kier alpha value is -1.55. The zero-order chi connectivity index (χ0) is 21.2. The predicted octanol–water partition coefficient (Wildman–Crippen LogP) is 1.45. The predicted molar refractivity (Wildman–Crippen MR) is 103 cm³/mol. The normalized spacial score (nSPS) is 17.1. The SMILES string of the molecule is CCNC(=NCC(=O)N(C)CC(F)(F)F)NC1CCN(CCOC(C)C)CC1. The van der Waals surface area contributed by atoms with Gasteiger partial charge in [-0.2, -0.15) is 13.2 Å². The molecule has 0 aromatic rings. The Morgan fingerprint density at radius 3 is 2.50 bits per heavy atom. The van der Waals surface area contributed by atoms with Crippen LogP contribution in [0.1, 0.15) is 33.6 Å². The molecule has 28 heavy (non-hydrogen) atoms. The monoisotopic (exact) mass is 409 g/mol. The minimum atomic E-state index is -4.41. The first-order chi connectivity index (χ1) is 13.1. The molecule has 1 fully saturated rings. The second kappa shape index (κ2) is 12.1. The van der Waals surface area contributed by atoms with E-state index in [1.165, 1.54) is 0 Å². The molecule has 0 radical (unpaired) electrons. The van der Waals surface area contributed by atoms with E-state index >= 15 is 0 Å². The van der Waals surface area contributed by atoms with E-state index in [9.17, 15) is 18.0 Å². The lowest BCUT2D eigenvalue weighted by atomic mass is 10.1. The second-order valence-corrected chi connectivity index (χ2v) is 7.24. The van der Waals surface area contributed by atoms with Crippen LogP contribution in [0.25, 0.3) is 0 Å². The smallest absolute Gasteiger partial charge is 0.377 e. The molecule has 0 aromatic heterocycles. The van der Waals surface area contributed by atoms with E-state index < -0.39 is 18.6 Å². The zero-order valence-corrected chi connectivity index (χ0v) is 17.3. The number of carbonyl (C=O) groups excluding carboxylic acids is 1. The molecule has 2 N–H and O–H groups in total. The first kappa shape index (κ1) is 24.5. The van der Waals surface area contributed by atoms with Crippen LogP contribution in [0.2, 0.25) is 0 Å². The molecule has 0 saturated carbocycles. The molecular weight excluding hydrogens is 375 g/mol. The first-order valence-electron chi connectivity index (χ1n) is 9.80. The standard InChI is InChI=1S/C18H34F3N5O2/c1-5-22-17(23-12-16(27)25(4)13-18(19,20)21)24-15-6-8-26(9-7-15)10-11-28-14(2)3/h14-15H,5-13H2,1-4H3,(H2,22,23,24). The van der Waals surface area contributed by atoms with Crippen LogP contribution >= 0.6 is 0 Å². The molecule has 7 nitrogen and oxygen atoms in total. The summed E-state index contributed by atoms with van der Waals surface area (Å²) in [4.78, 5) is 19.0. The van der Waals surface area contributed by atoms with Crippen molar-refractivity contribution in [1.82, 2.24) is 20.4 Å². The van der Waals surface area contributed by atoms with Crippen molar-refractivity contribution in [1.29, 1.82) is 0 Å². The van der Waals surface area contributed by atoms with Crippen LogP contribution in [0, 0.1) is 0 Å². The Bertz CT molecular complexity index is 492. The van der Waals surface area contributed by atoms with Gasteiger partial charge in [-0.25, -0.2) is 4.99 Å². The number of halogens is 3. The highest BCUT2D eigenvalue weighted by atomic mass is 19.4. The van der Waals surface area contributed by atoms with Crippen LogP contribution < -0.4 is 10.6 Å². The summed E-state index contributed by atoms with van der Waals surface area (Å²) < 4.78 is 42.7. The Morgan fingerprint density at radius 1 is 1.32 bits per heavy atom. The van der Waals surface area contributed by atoms with E-state index in [-0.39, 0.29) is 18.7 Å².